The molecule has 0 saturated carbocycles. The van der Waals surface area contributed by atoms with E-state index in [9.17, 15) is 0 Å². The number of halogens is 1. The van der Waals surface area contributed by atoms with Crippen LogP contribution in [0.5, 0.6) is 0 Å². The van der Waals surface area contributed by atoms with Crippen LogP contribution in [-0.2, 0) is 0 Å². The molecular weight excluding hydrogens is 296 g/mol. The zero-order chi connectivity index (χ0) is 13.7. The molecule has 2 rings (SSSR count). The fraction of sp³-hybridized carbons (Fsp3) is 0.500. The lowest BCUT2D eigenvalue weighted by atomic mass is 10.3. The predicted molar refractivity (Wildman–Crippen MR) is 90.1 cm³/mol. The summed E-state index contributed by atoms with van der Waals surface area (Å²) in [6, 6.07) is 7.69. The van der Waals surface area contributed by atoms with Gasteiger partial charge >= 0.3 is 0 Å². The highest BCUT2D eigenvalue weighted by atomic mass is 35.5. The van der Waals surface area contributed by atoms with Crippen molar-refractivity contribution in [2.75, 3.05) is 17.6 Å². The number of thioether (sulfide) groups is 1. The second-order valence-corrected chi connectivity index (χ2v) is 6.71. The molecule has 0 bridgehead atoms. The van der Waals surface area contributed by atoms with Gasteiger partial charge in [0, 0.05) is 17.3 Å². The summed E-state index contributed by atoms with van der Waals surface area (Å²) in [5, 5.41) is 5.35. The van der Waals surface area contributed by atoms with E-state index in [-0.39, 0.29) is 0 Å². The maximum absolute atomic E-state index is 5.99. The molecule has 1 aromatic rings. The van der Waals surface area contributed by atoms with Crippen LogP contribution in [0, 0.1) is 0 Å². The largest absolute Gasteiger partial charge is 0.337 e. The van der Waals surface area contributed by atoms with Gasteiger partial charge in [-0.1, -0.05) is 31.0 Å². The molecule has 19 heavy (non-hydrogen) atoms. The summed E-state index contributed by atoms with van der Waals surface area (Å²) in [5.41, 5.74) is 0.961. The zero-order valence-corrected chi connectivity index (χ0v) is 13.5. The minimum atomic E-state index is 0.512. The van der Waals surface area contributed by atoms with Gasteiger partial charge in [0.15, 0.2) is 5.11 Å². The molecule has 0 radical (unpaired) electrons. The number of nitrogens with one attached hydrogen (secondary N) is 1. The maximum Gasteiger partial charge on any atom is 0.174 e. The van der Waals surface area contributed by atoms with E-state index in [0.29, 0.717) is 5.37 Å². The van der Waals surface area contributed by atoms with Gasteiger partial charge in [0.25, 0.3) is 0 Å². The molecule has 5 heteroatoms. The smallest absolute Gasteiger partial charge is 0.174 e. The lowest BCUT2D eigenvalue weighted by Crippen LogP contribution is -2.44. The summed E-state index contributed by atoms with van der Waals surface area (Å²) in [7, 11) is 0. The van der Waals surface area contributed by atoms with Crippen molar-refractivity contribution in [3.63, 3.8) is 0 Å². The van der Waals surface area contributed by atoms with E-state index in [0.717, 1.165) is 22.4 Å². The number of nitrogens with zero attached hydrogens (tertiary/aromatic N) is 1. The van der Waals surface area contributed by atoms with Crippen molar-refractivity contribution >= 4 is 46.4 Å². The Labute approximate surface area is 129 Å². The summed E-state index contributed by atoms with van der Waals surface area (Å²) >= 11 is 13.6. The second kappa shape index (κ2) is 7.36. The average molecular weight is 315 g/mol. The number of hydrogen-bond donors (Lipinski definition) is 1. The molecule has 0 spiro atoms. The first kappa shape index (κ1) is 14.9. The molecule has 104 valence electrons. The van der Waals surface area contributed by atoms with Gasteiger partial charge in [-0.25, -0.2) is 0 Å². The van der Waals surface area contributed by atoms with Crippen LogP contribution < -0.4 is 5.32 Å². The number of thiocarbonyl (C=S) groups is 1. The number of hydrogen-bond acceptors (Lipinski definition) is 2. The molecule has 2 nitrogen and oxygen atoms in total. The van der Waals surface area contributed by atoms with Crippen molar-refractivity contribution in [3.05, 3.63) is 29.3 Å². The normalized spacial score (nSPS) is 19.3. The molecule has 1 saturated heterocycles. The Kier molecular flexibility index (Phi) is 5.79. The molecule has 1 heterocycles. The zero-order valence-electron chi connectivity index (χ0n) is 11.1. The van der Waals surface area contributed by atoms with Crippen LogP contribution in [0.15, 0.2) is 24.3 Å². The molecule has 1 N–H and O–H groups in total. The number of benzene rings is 1. The predicted octanol–water partition coefficient (Wildman–Crippen LogP) is 4.60. The Bertz CT molecular complexity index is 437. The van der Waals surface area contributed by atoms with Crippen LogP contribution in [0.3, 0.4) is 0 Å². The third-order valence-corrected chi connectivity index (χ3v) is 5.04. The van der Waals surface area contributed by atoms with Crippen molar-refractivity contribution in [1.29, 1.82) is 0 Å². The Morgan fingerprint density at radius 3 is 3.16 bits per heavy atom. The molecule has 0 aromatic heterocycles. The minimum Gasteiger partial charge on any atom is -0.337 e. The summed E-state index contributed by atoms with van der Waals surface area (Å²) in [4.78, 5) is 2.31. The van der Waals surface area contributed by atoms with Crippen LogP contribution in [0.2, 0.25) is 5.02 Å². The average Bonchev–Trinajstić information content (AvgIpc) is 2.39. The fourth-order valence-corrected chi connectivity index (χ4v) is 4.12. The first-order chi connectivity index (χ1) is 9.20. The van der Waals surface area contributed by atoms with Gasteiger partial charge in [0.05, 0.1) is 5.37 Å². The van der Waals surface area contributed by atoms with Crippen LogP contribution in [-0.4, -0.2) is 27.7 Å². The first-order valence-corrected chi connectivity index (χ1v) is 8.49. The van der Waals surface area contributed by atoms with Crippen LogP contribution in [0.1, 0.15) is 26.2 Å². The summed E-state index contributed by atoms with van der Waals surface area (Å²) in [5.74, 6) is 1.24. The summed E-state index contributed by atoms with van der Waals surface area (Å²) in [6.07, 6.45) is 3.57. The summed E-state index contributed by atoms with van der Waals surface area (Å²) in [6.45, 7) is 3.27. The third-order valence-electron chi connectivity index (χ3n) is 3.07. The molecule has 1 aliphatic heterocycles. The van der Waals surface area contributed by atoms with Gasteiger partial charge in [-0.05, 0) is 49.0 Å². The second-order valence-electron chi connectivity index (χ2n) is 4.60. The van der Waals surface area contributed by atoms with E-state index >= 15 is 0 Å². The Balaban J connectivity index is 2.01. The molecule has 1 atom stereocenters. The van der Waals surface area contributed by atoms with E-state index in [1.807, 2.05) is 36.0 Å². The van der Waals surface area contributed by atoms with Crippen LogP contribution >= 0.6 is 35.6 Å². The van der Waals surface area contributed by atoms with E-state index in [1.165, 1.54) is 25.0 Å². The van der Waals surface area contributed by atoms with E-state index < -0.39 is 0 Å². The van der Waals surface area contributed by atoms with Gasteiger partial charge in [0.1, 0.15) is 0 Å². The minimum absolute atomic E-state index is 0.512. The number of rotatable bonds is 3. The Morgan fingerprint density at radius 1 is 1.58 bits per heavy atom. The SMILES string of the molecule is CCCC1SCCCN1C(=S)Nc1cccc(Cl)c1. The molecular formula is C14H19ClN2S2. The van der Waals surface area contributed by atoms with E-state index in [4.69, 9.17) is 23.8 Å². The fourth-order valence-electron chi connectivity index (χ4n) is 2.17. The lowest BCUT2D eigenvalue weighted by Gasteiger charge is -2.37. The number of anilines is 1. The van der Waals surface area contributed by atoms with Crippen molar-refractivity contribution in [3.8, 4) is 0 Å². The highest BCUT2D eigenvalue weighted by Crippen LogP contribution is 2.27. The standard InChI is InChI=1S/C14H19ClN2S2/c1-2-5-13-17(8-4-9-19-13)14(18)16-12-7-3-6-11(15)10-12/h3,6-7,10,13H,2,4-5,8-9H2,1H3,(H,16,18). The Morgan fingerprint density at radius 2 is 2.42 bits per heavy atom. The van der Waals surface area contributed by atoms with Crippen molar-refractivity contribution < 1.29 is 0 Å². The van der Waals surface area contributed by atoms with E-state index in [1.54, 1.807) is 0 Å². The van der Waals surface area contributed by atoms with Gasteiger partial charge in [-0.2, -0.15) is 0 Å². The molecule has 0 amide bonds. The van der Waals surface area contributed by atoms with Crippen LogP contribution in [0.4, 0.5) is 5.69 Å². The maximum atomic E-state index is 5.99. The first-order valence-electron chi connectivity index (χ1n) is 6.65. The van der Waals surface area contributed by atoms with Gasteiger partial charge in [-0.15, -0.1) is 11.8 Å². The van der Waals surface area contributed by atoms with Gasteiger partial charge < -0.3 is 10.2 Å². The molecule has 1 aromatic carbocycles. The van der Waals surface area contributed by atoms with Gasteiger partial charge in [-0.3, -0.25) is 0 Å². The topological polar surface area (TPSA) is 15.3 Å². The molecule has 0 aliphatic carbocycles. The van der Waals surface area contributed by atoms with E-state index in [2.05, 4.69) is 17.1 Å². The molecule has 1 fully saturated rings. The van der Waals surface area contributed by atoms with Crippen molar-refractivity contribution in [1.82, 2.24) is 4.90 Å². The van der Waals surface area contributed by atoms with Gasteiger partial charge in [0.2, 0.25) is 0 Å². The quantitative estimate of drug-likeness (QED) is 0.820. The van der Waals surface area contributed by atoms with Crippen LogP contribution in [0.25, 0.3) is 0 Å². The van der Waals surface area contributed by atoms with Crippen molar-refractivity contribution in [2.24, 2.45) is 0 Å². The highest BCUT2D eigenvalue weighted by molar-refractivity contribution is 7.99. The summed E-state index contributed by atoms with van der Waals surface area (Å²) < 4.78 is 0. The lowest BCUT2D eigenvalue weighted by molar-refractivity contribution is 0.371. The van der Waals surface area contributed by atoms with Crippen molar-refractivity contribution in [2.45, 2.75) is 31.6 Å². The Hall–Kier alpha value is -0.450. The monoisotopic (exact) mass is 314 g/mol. The molecule has 1 aliphatic rings. The highest BCUT2D eigenvalue weighted by Gasteiger charge is 2.24. The molecule has 1 unspecified atom stereocenters. The third kappa shape index (κ3) is 4.26.